The highest BCUT2D eigenvalue weighted by Crippen LogP contribution is 2.29. The lowest BCUT2D eigenvalue weighted by atomic mass is 10.1. The van der Waals surface area contributed by atoms with Gasteiger partial charge in [-0.25, -0.2) is 4.79 Å². The van der Waals surface area contributed by atoms with E-state index < -0.39 is 12.0 Å². The fraction of sp³-hybridized carbons (Fsp3) is 0.786. The van der Waals surface area contributed by atoms with Crippen LogP contribution in [0.4, 0.5) is 4.79 Å². The van der Waals surface area contributed by atoms with Crippen molar-refractivity contribution in [1.29, 1.82) is 0 Å². The molecule has 2 fully saturated rings. The Hall–Kier alpha value is -1.79. The number of carboxylic acids is 1. The zero-order valence-electron chi connectivity index (χ0n) is 12.4. The van der Waals surface area contributed by atoms with E-state index in [1.165, 1.54) is 4.90 Å². The maximum Gasteiger partial charge on any atom is 0.321 e. The van der Waals surface area contributed by atoms with Crippen molar-refractivity contribution >= 4 is 17.9 Å². The Morgan fingerprint density at radius 3 is 2.71 bits per heavy atom. The van der Waals surface area contributed by atoms with E-state index in [0.29, 0.717) is 19.6 Å². The van der Waals surface area contributed by atoms with Crippen molar-refractivity contribution in [3.05, 3.63) is 0 Å². The van der Waals surface area contributed by atoms with E-state index in [1.54, 1.807) is 0 Å². The number of rotatable bonds is 6. The third-order valence-electron chi connectivity index (χ3n) is 3.93. The van der Waals surface area contributed by atoms with E-state index in [1.807, 2.05) is 4.90 Å². The summed E-state index contributed by atoms with van der Waals surface area (Å²) in [5, 5.41) is 11.6. The largest absolute Gasteiger partial charge is 0.481 e. The summed E-state index contributed by atoms with van der Waals surface area (Å²) in [5.74, 6) is -1.44. The van der Waals surface area contributed by atoms with Crippen LogP contribution in [0.3, 0.4) is 0 Å². The molecule has 1 saturated carbocycles. The van der Waals surface area contributed by atoms with Crippen molar-refractivity contribution in [3.8, 4) is 0 Å². The number of amides is 3. The van der Waals surface area contributed by atoms with Crippen LogP contribution in [0.1, 0.15) is 39.0 Å². The molecule has 7 nitrogen and oxygen atoms in total. The van der Waals surface area contributed by atoms with Crippen LogP contribution in [-0.2, 0) is 9.59 Å². The summed E-state index contributed by atoms with van der Waals surface area (Å²) in [7, 11) is 0. The maximum atomic E-state index is 12.7. The molecule has 7 heteroatoms. The monoisotopic (exact) mass is 297 g/mol. The molecule has 2 rings (SSSR count). The lowest BCUT2D eigenvalue weighted by molar-refractivity contribution is -0.142. The first kappa shape index (κ1) is 15.6. The van der Waals surface area contributed by atoms with E-state index in [0.717, 1.165) is 25.7 Å². The lowest BCUT2D eigenvalue weighted by Gasteiger charge is -2.38. The molecular formula is C14H23N3O4. The molecule has 0 spiro atoms. The fourth-order valence-corrected chi connectivity index (χ4v) is 2.63. The van der Waals surface area contributed by atoms with Gasteiger partial charge in [0.1, 0.15) is 6.04 Å². The number of urea groups is 1. The number of unbranched alkanes of at least 4 members (excludes halogenated alkanes) is 1. The Morgan fingerprint density at radius 2 is 2.14 bits per heavy atom. The summed E-state index contributed by atoms with van der Waals surface area (Å²) in [4.78, 5) is 38.8. The molecule has 0 radical (unpaired) electrons. The highest BCUT2D eigenvalue weighted by atomic mass is 16.4. The van der Waals surface area contributed by atoms with Crippen molar-refractivity contribution in [2.24, 2.45) is 0 Å². The van der Waals surface area contributed by atoms with Crippen LogP contribution in [0.2, 0.25) is 0 Å². The van der Waals surface area contributed by atoms with Crippen LogP contribution in [-0.4, -0.2) is 64.5 Å². The molecule has 2 aliphatic rings. The number of piperazine rings is 1. The zero-order chi connectivity index (χ0) is 15.4. The molecule has 21 heavy (non-hydrogen) atoms. The molecule has 118 valence electrons. The van der Waals surface area contributed by atoms with Gasteiger partial charge in [-0.1, -0.05) is 13.3 Å². The predicted molar refractivity (Wildman–Crippen MR) is 75.8 cm³/mol. The van der Waals surface area contributed by atoms with Crippen LogP contribution in [0.5, 0.6) is 0 Å². The summed E-state index contributed by atoms with van der Waals surface area (Å²) in [5.41, 5.74) is 0. The summed E-state index contributed by atoms with van der Waals surface area (Å²) in [6, 6.07) is -0.821. The Morgan fingerprint density at radius 1 is 1.43 bits per heavy atom. The second-order valence-electron chi connectivity index (χ2n) is 5.66. The molecular weight excluding hydrogens is 274 g/mol. The van der Waals surface area contributed by atoms with Crippen molar-refractivity contribution in [1.82, 2.24) is 15.1 Å². The molecule has 1 heterocycles. The Bertz CT molecular complexity index is 422. The third kappa shape index (κ3) is 3.86. The van der Waals surface area contributed by atoms with Crippen LogP contribution in [0.15, 0.2) is 0 Å². The summed E-state index contributed by atoms with van der Waals surface area (Å²) in [6.07, 6.45) is 3.57. The van der Waals surface area contributed by atoms with Crippen LogP contribution < -0.4 is 5.32 Å². The van der Waals surface area contributed by atoms with Crippen LogP contribution in [0, 0.1) is 0 Å². The number of carbonyl (C=O) groups excluding carboxylic acids is 2. The van der Waals surface area contributed by atoms with Gasteiger partial charge in [0, 0.05) is 25.7 Å². The summed E-state index contributed by atoms with van der Waals surface area (Å²) in [6.45, 7) is 3.50. The SMILES string of the molecule is CCCCN(C(=O)N1CCNC(=O)C1CC(=O)O)C1CC1. The number of nitrogens with zero attached hydrogens (tertiary/aromatic N) is 2. The molecule has 1 unspecified atom stereocenters. The van der Waals surface area contributed by atoms with Gasteiger partial charge < -0.3 is 20.2 Å². The van der Waals surface area contributed by atoms with Gasteiger partial charge in [-0.05, 0) is 19.3 Å². The molecule has 0 bridgehead atoms. The van der Waals surface area contributed by atoms with Crippen molar-refractivity contribution < 1.29 is 19.5 Å². The van der Waals surface area contributed by atoms with Gasteiger partial charge in [0.2, 0.25) is 5.91 Å². The van der Waals surface area contributed by atoms with E-state index in [9.17, 15) is 14.4 Å². The van der Waals surface area contributed by atoms with Gasteiger partial charge in [-0.15, -0.1) is 0 Å². The molecule has 0 aromatic carbocycles. The first-order chi connectivity index (χ1) is 10.0. The topological polar surface area (TPSA) is 90.0 Å². The quantitative estimate of drug-likeness (QED) is 0.753. The van der Waals surface area contributed by atoms with Gasteiger partial charge in [-0.2, -0.15) is 0 Å². The third-order valence-corrected chi connectivity index (χ3v) is 3.93. The average molecular weight is 297 g/mol. The smallest absolute Gasteiger partial charge is 0.321 e. The Labute approximate surface area is 124 Å². The number of carbonyl (C=O) groups is 3. The zero-order valence-corrected chi connectivity index (χ0v) is 12.4. The molecule has 1 saturated heterocycles. The highest BCUT2D eigenvalue weighted by molar-refractivity contribution is 5.91. The molecule has 2 N–H and O–H groups in total. The minimum atomic E-state index is -1.07. The predicted octanol–water partition coefficient (Wildman–Crippen LogP) is 0.646. The van der Waals surface area contributed by atoms with Crippen molar-refractivity contribution in [3.63, 3.8) is 0 Å². The van der Waals surface area contributed by atoms with Crippen molar-refractivity contribution in [2.75, 3.05) is 19.6 Å². The number of nitrogens with one attached hydrogen (secondary N) is 1. The lowest BCUT2D eigenvalue weighted by Crippen LogP contribution is -2.60. The molecule has 1 aliphatic heterocycles. The number of aliphatic carboxylic acids is 1. The van der Waals surface area contributed by atoms with Gasteiger partial charge in [0.15, 0.2) is 0 Å². The first-order valence-corrected chi connectivity index (χ1v) is 7.61. The van der Waals surface area contributed by atoms with E-state index in [2.05, 4.69) is 12.2 Å². The maximum absolute atomic E-state index is 12.7. The van der Waals surface area contributed by atoms with E-state index in [-0.39, 0.29) is 24.4 Å². The standard InChI is InChI=1S/C14H23N3O4/c1-2-3-7-16(10-4-5-10)14(21)17-8-6-15-13(20)11(17)9-12(18)19/h10-11H,2-9H2,1H3,(H,15,20)(H,18,19). The second-order valence-corrected chi connectivity index (χ2v) is 5.66. The fourth-order valence-electron chi connectivity index (χ4n) is 2.63. The van der Waals surface area contributed by atoms with Crippen molar-refractivity contribution in [2.45, 2.75) is 51.1 Å². The molecule has 0 aromatic heterocycles. The van der Waals surface area contributed by atoms with Gasteiger partial charge in [0.25, 0.3) is 0 Å². The summed E-state index contributed by atoms with van der Waals surface area (Å²) < 4.78 is 0. The number of carboxylic acid groups (broad SMARTS) is 1. The van der Waals surface area contributed by atoms with E-state index in [4.69, 9.17) is 5.11 Å². The normalized spacial score (nSPS) is 21.9. The number of hydrogen-bond acceptors (Lipinski definition) is 3. The molecule has 1 aliphatic carbocycles. The van der Waals surface area contributed by atoms with Crippen LogP contribution in [0.25, 0.3) is 0 Å². The van der Waals surface area contributed by atoms with Gasteiger partial charge >= 0.3 is 12.0 Å². The number of hydrogen-bond donors (Lipinski definition) is 2. The molecule has 1 atom stereocenters. The van der Waals surface area contributed by atoms with Gasteiger partial charge in [0.05, 0.1) is 6.42 Å². The molecule has 3 amide bonds. The minimum Gasteiger partial charge on any atom is -0.481 e. The first-order valence-electron chi connectivity index (χ1n) is 7.61. The minimum absolute atomic E-state index is 0.188. The highest BCUT2D eigenvalue weighted by Gasteiger charge is 2.40. The Kier molecular flexibility index (Phi) is 5.03. The second kappa shape index (κ2) is 6.78. The van der Waals surface area contributed by atoms with E-state index >= 15 is 0 Å². The summed E-state index contributed by atoms with van der Waals surface area (Å²) >= 11 is 0. The van der Waals surface area contributed by atoms with Gasteiger partial charge in [-0.3, -0.25) is 9.59 Å². The molecule has 0 aromatic rings. The average Bonchev–Trinajstić information content (AvgIpc) is 3.25. The van der Waals surface area contributed by atoms with Crippen LogP contribution >= 0.6 is 0 Å². The Balaban J connectivity index is 2.09.